The van der Waals surface area contributed by atoms with Gasteiger partial charge < -0.3 is 9.64 Å². The monoisotopic (exact) mass is 392 g/mol. The summed E-state index contributed by atoms with van der Waals surface area (Å²) < 4.78 is 5.84. The zero-order valence-electron chi connectivity index (χ0n) is 16.2. The molecule has 1 unspecified atom stereocenters. The average Bonchev–Trinajstić information content (AvgIpc) is 3.22. The van der Waals surface area contributed by atoms with Gasteiger partial charge in [-0.05, 0) is 31.5 Å². The predicted molar refractivity (Wildman–Crippen MR) is 115 cm³/mol. The third-order valence-corrected chi connectivity index (χ3v) is 5.86. The lowest BCUT2D eigenvalue weighted by molar-refractivity contribution is -0.125. The molecule has 1 aliphatic rings. The van der Waals surface area contributed by atoms with Crippen molar-refractivity contribution in [2.45, 2.75) is 39.2 Å². The maximum Gasteiger partial charge on any atom is 0.267 e. The van der Waals surface area contributed by atoms with Crippen LogP contribution in [0, 0.1) is 0 Å². The molecule has 2 aromatic carbocycles. The van der Waals surface area contributed by atoms with E-state index in [1.54, 1.807) is 11.3 Å². The number of hydrogen-bond acceptors (Lipinski definition) is 4. The number of unbranched alkanes of at least 4 members (excludes halogenated alkanes) is 2. The highest BCUT2D eigenvalue weighted by Gasteiger charge is 2.31. The van der Waals surface area contributed by atoms with Gasteiger partial charge in [0, 0.05) is 23.1 Å². The predicted octanol–water partition coefficient (Wildman–Crippen LogP) is 5.78. The third-order valence-electron chi connectivity index (χ3n) is 4.97. The quantitative estimate of drug-likeness (QED) is 0.499. The summed E-state index contributed by atoms with van der Waals surface area (Å²) in [6.07, 6.45) is 2.79. The van der Waals surface area contributed by atoms with E-state index in [0.717, 1.165) is 59.1 Å². The molecule has 144 valence electrons. The van der Waals surface area contributed by atoms with E-state index in [2.05, 4.69) is 24.4 Å². The molecule has 5 heteroatoms. The summed E-state index contributed by atoms with van der Waals surface area (Å²) in [7, 11) is 0. The van der Waals surface area contributed by atoms with E-state index in [0.29, 0.717) is 0 Å². The van der Waals surface area contributed by atoms with Gasteiger partial charge in [-0.1, -0.05) is 50.1 Å². The van der Waals surface area contributed by atoms with Crippen LogP contribution in [0.3, 0.4) is 0 Å². The van der Waals surface area contributed by atoms with Crippen molar-refractivity contribution in [3.63, 3.8) is 0 Å². The van der Waals surface area contributed by atoms with Crippen LogP contribution in [-0.2, 0) is 4.79 Å². The molecule has 0 fully saturated rings. The molecule has 0 radical (unpaired) electrons. The number of carbonyl (C=O) groups is 1. The first-order chi connectivity index (χ1) is 13.7. The fourth-order valence-electron chi connectivity index (χ4n) is 3.44. The van der Waals surface area contributed by atoms with Gasteiger partial charge >= 0.3 is 0 Å². The van der Waals surface area contributed by atoms with Gasteiger partial charge in [0.15, 0.2) is 6.10 Å². The van der Waals surface area contributed by atoms with Gasteiger partial charge in [0.2, 0.25) is 0 Å². The Kier molecular flexibility index (Phi) is 5.44. The summed E-state index contributed by atoms with van der Waals surface area (Å²) in [5, 5.41) is 3.06. The highest BCUT2D eigenvalue weighted by Crippen LogP contribution is 2.38. The first-order valence-corrected chi connectivity index (χ1v) is 10.7. The van der Waals surface area contributed by atoms with Gasteiger partial charge in [0.05, 0.1) is 11.4 Å². The largest absolute Gasteiger partial charge is 0.479 e. The summed E-state index contributed by atoms with van der Waals surface area (Å²) in [5.41, 5.74) is 3.89. The van der Waals surface area contributed by atoms with E-state index < -0.39 is 6.10 Å². The van der Waals surface area contributed by atoms with Crippen LogP contribution in [0.15, 0.2) is 53.9 Å². The Balaban J connectivity index is 1.66. The molecule has 1 atom stereocenters. The number of nitrogens with zero attached hydrogens (tertiary/aromatic N) is 2. The van der Waals surface area contributed by atoms with Crippen molar-refractivity contribution in [3.8, 4) is 27.6 Å². The second-order valence-electron chi connectivity index (χ2n) is 7.04. The summed E-state index contributed by atoms with van der Waals surface area (Å²) in [5.74, 6) is 0.801. The molecule has 28 heavy (non-hydrogen) atoms. The van der Waals surface area contributed by atoms with Crippen molar-refractivity contribution in [2.24, 2.45) is 0 Å². The molecule has 0 aliphatic carbocycles. The van der Waals surface area contributed by atoms with Crippen LogP contribution in [-0.4, -0.2) is 23.5 Å². The smallest absolute Gasteiger partial charge is 0.267 e. The standard InChI is InChI=1S/C23H24N2O2S/c1-3-4-8-13-25-20-14-18(11-12-21(20)27-16(2)23(25)26)19-15-28-22(24-19)17-9-6-5-7-10-17/h5-7,9-12,14-16H,3-4,8,13H2,1-2H3. The van der Waals surface area contributed by atoms with Gasteiger partial charge in [-0.25, -0.2) is 4.98 Å². The molecular weight excluding hydrogens is 368 g/mol. The van der Waals surface area contributed by atoms with Crippen molar-refractivity contribution in [3.05, 3.63) is 53.9 Å². The Morgan fingerprint density at radius 3 is 2.71 bits per heavy atom. The molecule has 1 aromatic heterocycles. The Bertz CT molecular complexity index is 968. The van der Waals surface area contributed by atoms with E-state index >= 15 is 0 Å². The van der Waals surface area contributed by atoms with Crippen LogP contribution < -0.4 is 9.64 Å². The number of rotatable bonds is 6. The second-order valence-corrected chi connectivity index (χ2v) is 7.90. The molecule has 0 saturated carbocycles. The number of fused-ring (bicyclic) bond motifs is 1. The van der Waals surface area contributed by atoms with Crippen molar-refractivity contribution >= 4 is 22.9 Å². The fraction of sp³-hybridized carbons (Fsp3) is 0.304. The molecule has 4 rings (SSSR count). The minimum absolute atomic E-state index is 0.0315. The minimum atomic E-state index is -0.441. The first kappa shape index (κ1) is 18.7. The highest BCUT2D eigenvalue weighted by molar-refractivity contribution is 7.13. The maximum atomic E-state index is 12.7. The summed E-state index contributed by atoms with van der Waals surface area (Å²) in [6.45, 7) is 4.71. The Labute approximate surface area is 169 Å². The Morgan fingerprint density at radius 2 is 1.93 bits per heavy atom. The zero-order chi connectivity index (χ0) is 19.5. The summed E-state index contributed by atoms with van der Waals surface area (Å²) in [4.78, 5) is 19.4. The van der Waals surface area contributed by atoms with E-state index in [1.807, 2.05) is 48.2 Å². The first-order valence-electron chi connectivity index (χ1n) is 9.80. The lowest BCUT2D eigenvalue weighted by Crippen LogP contribution is -2.44. The van der Waals surface area contributed by atoms with Gasteiger partial charge in [-0.3, -0.25) is 4.79 Å². The normalized spacial score (nSPS) is 16.0. The minimum Gasteiger partial charge on any atom is -0.479 e. The van der Waals surface area contributed by atoms with Crippen molar-refractivity contribution in [1.82, 2.24) is 4.98 Å². The van der Waals surface area contributed by atoms with Crippen molar-refractivity contribution in [2.75, 3.05) is 11.4 Å². The number of amides is 1. The van der Waals surface area contributed by atoms with E-state index in [-0.39, 0.29) is 5.91 Å². The number of carbonyl (C=O) groups excluding carboxylic acids is 1. The maximum absolute atomic E-state index is 12.7. The van der Waals surface area contributed by atoms with Crippen LogP contribution in [0.1, 0.15) is 33.1 Å². The molecule has 3 aromatic rings. The fourth-order valence-corrected chi connectivity index (χ4v) is 4.27. The number of ether oxygens (including phenoxy) is 1. The Morgan fingerprint density at radius 1 is 1.11 bits per heavy atom. The van der Waals surface area contributed by atoms with E-state index in [1.165, 1.54) is 0 Å². The van der Waals surface area contributed by atoms with Crippen LogP contribution in [0.5, 0.6) is 5.75 Å². The number of hydrogen-bond donors (Lipinski definition) is 0. The highest BCUT2D eigenvalue weighted by atomic mass is 32.1. The topological polar surface area (TPSA) is 42.4 Å². The van der Waals surface area contributed by atoms with Crippen molar-refractivity contribution in [1.29, 1.82) is 0 Å². The van der Waals surface area contributed by atoms with Crippen molar-refractivity contribution < 1.29 is 9.53 Å². The van der Waals surface area contributed by atoms with Gasteiger partial charge in [-0.2, -0.15) is 0 Å². The zero-order valence-corrected chi connectivity index (χ0v) is 17.0. The molecule has 0 bridgehead atoms. The molecule has 0 saturated heterocycles. The lowest BCUT2D eigenvalue weighted by atomic mass is 10.1. The molecule has 4 nitrogen and oxygen atoms in total. The van der Waals surface area contributed by atoms with Crippen LogP contribution in [0.4, 0.5) is 5.69 Å². The van der Waals surface area contributed by atoms with Gasteiger partial charge in [0.1, 0.15) is 10.8 Å². The Hall–Kier alpha value is -2.66. The molecule has 2 heterocycles. The average molecular weight is 393 g/mol. The third kappa shape index (κ3) is 3.67. The molecular formula is C23H24N2O2S. The van der Waals surface area contributed by atoms with E-state index in [4.69, 9.17) is 9.72 Å². The number of aromatic nitrogens is 1. The van der Waals surface area contributed by atoms with Gasteiger partial charge in [-0.15, -0.1) is 11.3 Å². The van der Waals surface area contributed by atoms with Crippen LogP contribution in [0.2, 0.25) is 0 Å². The second kappa shape index (κ2) is 8.15. The number of thiazole rings is 1. The molecule has 1 aliphatic heterocycles. The summed E-state index contributed by atoms with van der Waals surface area (Å²) in [6, 6.07) is 16.2. The molecule has 1 amide bonds. The lowest BCUT2D eigenvalue weighted by Gasteiger charge is -2.33. The van der Waals surface area contributed by atoms with Crippen LogP contribution >= 0.6 is 11.3 Å². The SMILES string of the molecule is CCCCCN1C(=O)C(C)Oc2ccc(-c3csc(-c4ccccc4)n3)cc21. The molecule has 0 N–H and O–H groups in total. The van der Waals surface area contributed by atoms with Crippen LogP contribution in [0.25, 0.3) is 21.8 Å². The summed E-state index contributed by atoms with van der Waals surface area (Å²) >= 11 is 1.63. The number of benzene rings is 2. The van der Waals surface area contributed by atoms with Gasteiger partial charge in [0.25, 0.3) is 5.91 Å². The van der Waals surface area contributed by atoms with E-state index in [9.17, 15) is 4.79 Å². The molecule has 0 spiro atoms. The number of anilines is 1.